The van der Waals surface area contributed by atoms with Gasteiger partial charge in [-0.2, -0.15) is 0 Å². The predicted molar refractivity (Wildman–Crippen MR) is 74.8 cm³/mol. The van der Waals surface area contributed by atoms with Crippen LogP contribution in [0.5, 0.6) is 0 Å². The third kappa shape index (κ3) is 3.03. The summed E-state index contributed by atoms with van der Waals surface area (Å²) in [5.74, 6) is 0. The number of rotatable bonds is 2. The Morgan fingerprint density at radius 2 is 2.06 bits per heavy atom. The highest BCUT2D eigenvalue weighted by molar-refractivity contribution is 5.89. The van der Waals surface area contributed by atoms with E-state index in [0.29, 0.717) is 6.04 Å². The van der Waals surface area contributed by atoms with E-state index in [1.807, 2.05) is 36.1 Å². The highest BCUT2D eigenvalue weighted by Gasteiger charge is 2.25. The molecular weight excluding hydrogens is 224 g/mol. The van der Waals surface area contributed by atoms with Gasteiger partial charge in [-0.1, -0.05) is 24.6 Å². The molecule has 0 radical (unpaired) electrons. The number of hydrogen-bond acceptors (Lipinski definition) is 1. The van der Waals surface area contributed by atoms with Crippen molar-refractivity contribution in [2.24, 2.45) is 0 Å². The van der Waals surface area contributed by atoms with Gasteiger partial charge in [0.05, 0.1) is 0 Å². The van der Waals surface area contributed by atoms with E-state index in [1.54, 1.807) is 0 Å². The summed E-state index contributed by atoms with van der Waals surface area (Å²) in [4.78, 5) is 14.2. The Bertz CT molecular complexity index is 399. The Morgan fingerprint density at radius 3 is 2.72 bits per heavy atom. The monoisotopic (exact) mass is 246 g/mol. The lowest BCUT2D eigenvalue weighted by Crippen LogP contribution is -2.45. The van der Waals surface area contributed by atoms with Crippen molar-refractivity contribution in [1.82, 2.24) is 4.90 Å². The van der Waals surface area contributed by atoms with Crippen molar-refractivity contribution in [3.05, 3.63) is 29.8 Å². The molecule has 2 rings (SSSR count). The number of anilines is 1. The Morgan fingerprint density at radius 1 is 1.33 bits per heavy atom. The summed E-state index contributed by atoms with van der Waals surface area (Å²) in [6, 6.07) is 8.40. The highest BCUT2D eigenvalue weighted by atomic mass is 16.2. The van der Waals surface area contributed by atoms with Crippen molar-refractivity contribution in [3.63, 3.8) is 0 Å². The maximum absolute atomic E-state index is 12.2. The maximum atomic E-state index is 12.2. The van der Waals surface area contributed by atoms with Crippen LogP contribution < -0.4 is 5.32 Å². The van der Waals surface area contributed by atoms with E-state index in [0.717, 1.165) is 31.5 Å². The molecule has 1 atom stereocenters. The van der Waals surface area contributed by atoms with E-state index >= 15 is 0 Å². The minimum Gasteiger partial charge on any atom is -0.322 e. The summed E-state index contributed by atoms with van der Waals surface area (Å²) in [5, 5.41) is 2.99. The molecule has 0 aromatic heterocycles. The van der Waals surface area contributed by atoms with Gasteiger partial charge in [-0.15, -0.1) is 0 Å². The molecule has 98 valence electrons. The summed E-state index contributed by atoms with van der Waals surface area (Å²) >= 11 is 0. The zero-order chi connectivity index (χ0) is 13.0. The molecule has 18 heavy (non-hydrogen) atoms. The van der Waals surface area contributed by atoms with Gasteiger partial charge in [0.2, 0.25) is 0 Å². The normalized spacial score (nSPS) is 19.7. The van der Waals surface area contributed by atoms with Crippen LogP contribution in [-0.2, 0) is 0 Å². The smallest absolute Gasteiger partial charge is 0.322 e. The average Bonchev–Trinajstić information content (AvgIpc) is 2.41. The van der Waals surface area contributed by atoms with E-state index in [1.165, 1.54) is 12.0 Å². The van der Waals surface area contributed by atoms with E-state index in [-0.39, 0.29) is 6.03 Å². The lowest BCUT2D eigenvalue weighted by molar-refractivity contribution is 0.160. The second kappa shape index (κ2) is 5.89. The summed E-state index contributed by atoms with van der Waals surface area (Å²) in [7, 11) is 0. The molecule has 0 spiro atoms. The van der Waals surface area contributed by atoms with Gasteiger partial charge in [0.15, 0.2) is 0 Å². The van der Waals surface area contributed by atoms with Gasteiger partial charge in [0.1, 0.15) is 0 Å². The van der Waals surface area contributed by atoms with Crippen molar-refractivity contribution >= 4 is 11.7 Å². The van der Waals surface area contributed by atoms with Crippen LogP contribution >= 0.6 is 0 Å². The molecule has 1 N–H and O–H groups in total. The van der Waals surface area contributed by atoms with Gasteiger partial charge in [-0.05, 0) is 44.7 Å². The lowest BCUT2D eigenvalue weighted by Gasteiger charge is -2.35. The number of aryl methyl sites for hydroxylation is 1. The van der Waals surface area contributed by atoms with Gasteiger partial charge in [-0.25, -0.2) is 4.79 Å². The largest absolute Gasteiger partial charge is 0.322 e. The average molecular weight is 246 g/mol. The SMILES string of the molecule is CCC1CCCCN1C(=O)Nc1ccc(C)cc1. The van der Waals surface area contributed by atoms with Gasteiger partial charge in [0, 0.05) is 18.3 Å². The van der Waals surface area contributed by atoms with Crippen LogP contribution in [0, 0.1) is 6.92 Å². The standard InChI is InChI=1S/C15H22N2O/c1-3-14-6-4-5-11-17(14)15(18)16-13-9-7-12(2)8-10-13/h7-10,14H,3-6,11H2,1-2H3,(H,16,18). The fraction of sp³-hybridized carbons (Fsp3) is 0.533. The molecule has 1 aliphatic heterocycles. The van der Waals surface area contributed by atoms with Gasteiger partial charge >= 0.3 is 6.03 Å². The molecule has 1 heterocycles. The van der Waals surface area contributed by atoms with E-state index in [2.05, 4.69) is 12.2 Å². The fourth-order valence-electron chi connectivity index (χ4n) is 2.52. The number of nitrogens with one attached hydrogen (secondary N) is 1. The van der Waals surface area contributed by atoms with Crippen molar-refractivity contribution in [2.45, 2.75) is 45.6 Å². The van der Waals surface area contributed by atoms with Crippen LogP contribution in [0.1, 0.15) is 38.2 Å². The number of carbonyl (C=O) groups is 1. The van der Waals surface area contributed by atoms with Crippen LogP contribution in [0.15, 0.2) is 24.3 Å². The van der Waals surface area contributed by atoms with Gasteiger partial charge in [-0.3, -0.25) is 0 Å². The first-order chi connectivity index (χ1) is 8.70. The van der Waals surface area contributed by atoms with Crippen LogP contribution in [0.3, 0.4) is 0 Å². The minimum atomic E-state index is 0.0467. The number of hydrogen-bond donors (Lipinski definition) is 1. The number of urea groups is 1. The molecule has 1 aliphatic rings. The molecular formula is C15H22N2O. The first kappa shape index (κ1) is 12.9. The molecule has 3 nitrogen and oxygen atoms in total. The summed E-state index contributed by atoms with van der Waals surface area (Å²) in [6.45, 7) is 5.09. The molecule has 1 saturated heterocycles. The summed E-state index contributed by atoms with van der Waals surface area (Å²) in [6.07, 6.45) is 4.55. The fourth-order valence-corrected chi connectivity index (χ4v) is 2.52. The number of carbonyl (C=O) groups excluding carboxylic acids is 1. The van der Waals surface area contributed by atoms with Crippen LogP contribution in [0.2, 0.25) is 0 Å². The second-order valence-corrected chi connectivity index (χ2v) is 5.05. The Balaban J connectivity index is 2.00. The first-order valence-electron chi connectivity index (χ1n) is 6.85. The molecule has 0 saturated carbocycles. The first-order valence-corrected chi connectivity index (χ1v) is 6.85. The maximum Gasteiger partial charge on any atom is 0.322 e. The molecule has 1 fully saturated rings. The van der Waals surface area contributed by atoms with Crippen LogP contribution in [0.4, 0.5) is 10.5 Å². The Labute approximate surface area is 109 Å². The zero-order valence-electron chi connectivity index (χ0n) is 11.3. The summed E-state index contributed by atoms with van der Waals surface area (Å²) < 4.78 is 0. The molecule has 0 bridgehead atoms. The third-order valence-corrected chi connectivity index (χ3v) is 3.66. The topological polar surface area (TPSA) is 32.3 Å². The van der Waals surface area contributed by atoms with Gasteiger partial charge < -0.3 is 10.2 Å². The molecule has 1 aromatic rings. The molecule has 1 unspecified atom stereocenters. The Hall–Kier alpha value is -1.51. The number of piperidine rings is 1. The minimum absolute atomic E-state index is 0.0467. The zero-order valence-corrected chi connectivity index (χ0v) is 11.3. The number of benzene rings is 1. The van der Waals surface area contributed by atoms with Crippen molar-refractivity contribution in [3.8, 4) is 0 Å². The van der Waals surface area contributed by atoms with E-state index in [4.69, 9.17) is 0 Å². The number of amides is 2. The number of likely N-dealkylation sites (tertiary alicyclic amines) is 1. The van der Waals surface area contributed by atoms with Crippen molar-refractivity contribution in [1.29, 1.82) is 0 Å². The molecule has 1 aromatic carbocycles. The predicted octanol–water partition coefficient (Wildman–Crippen LogP) is 3.79. The lowest BCUT2D eigenvalue weighted by atomic mass is 10.0. The van der Waals surface area contributed by atoms with E-state index < -0.39 is 0 Å². The molecule has 2 amide bonds. The van der Waals surface area contributed by atoms with Gasteiger partial charge in [0.25, 0.3) is 0 Å². The molecule has 3 heteroatoms. The van der Waals surface area contributed by atoms with Crippen LogP contribution in [-0.4, -0.2) is 23.5 Å². The Kier molecular flexibility index (Phi) is 4.24. The summed E-state index contributed by atoms with van der Waals surface area (Å²) in [5.41, 5.74) is 2.09. The van der Waals surface area contributed by atoms with Crippen molar-refractivity contribution in [2.75, 3.05) is 11.9 Å². The quantitative estimate of drug-likeness (QED) is 0.846. The third-order valence-electron chi connectivity index (χ3n) is 3.66. The van der Waals surface area contributed by atoms with Crippen molar-refractivity contribution < 1.29 is 4.79 Å². The second-order valence-electron chi connectivity index (χ2n) is 5.05. The highest BCUT2D eigenvalue weighted by Crippen LogP contribution is 2.20. The van der Waals surface area contributed by atoms with Crippen LogP contribution in [0.25, 0.3) is 0 Å². The number of nitrogens with zero attached hydrogens (tertiary/aromatic N) is 1. The molecule has 0 aliphatic carbocycles. The van der Waals surface area contributed by atoms with E-state index in [9.17, 15) is 4.79 Å².